The Balaban J connectivity index is 4.24. The summed E-state index contributed by atoms with van der Waals surface area (Å²) in [5, 5.41) is 0. The van der Waals surface area contributed by atoms with Gasteiger partial charge in [-0.25, -0.2) is 9.59 Å². The summed E-state index contributed by atoms with van der Waals surface area (Å²) < 4.78 is 3.58. The van der Waals surface area contributed by atoms with E-state index >= 15 is 0 Å². The maximum atomic E-state index is 10.3. The van der Waals surface area contributed by atoms with Crippen molar-refractivity contribution in [3.63, 3.8) is 0 Å². The van der Waals surface area contributed by atoms with Gasteiger partial charge < -0.3 is 4.42 Å². The Morgan fingerprint density at radius 2 is 1.00 bits per heavy atom. The molecule has 6 nitrogen and oxygen atoms in total. The Kier molecular flexibility index (Phi) is 1.37. The van der Waals surface area contributed by atoms with E-state index in [4.69, 9.17) is 0 Å². The zero-order valence-corrected chi connectivity index (χ0v) is 4.95. The average Bonchev–Trinajstić information content (AvgIpc) is 1.97. The normalized spacial score (nSPS) is 9.82. The third kappa shape index (κ3) is 0.936. The lowest BCUT2D eigenvalue weighted by Gasteiger charge is -1.71. The summed E-state index contributed by atoms with van der Waals surface area (Å²) in [6.07, 6.45) is 0. The van der Waals surface area contributed by atoms with Crippen LogP contribution in [0.2, 0.25) is 0 Å². The highest BCUT2D eigenvalue weighted by molar-refractivity contribution is 4.91. The molecule has 0 fully saturated rings. The molecule has 0 saturated heterocycles. The van der Waals surface area contributed by atoms with Crippen LogP contribution in [0.3, 0.4) is 0 Å². The Morgan fingerprint density at radius 1 is 0.636 bits per heavy atom. The summed E-state index contributed by atoms with van der Waals surface area (Å²) in [4.78, 5) is 51.3. The van der Waals surface area contributed by atoms with Crippen LogP contribution in [0.5, 0.6) is 0 Å². The van der Waals surface area contributed by atoms with E-state index in [9.17, 15) is 24.0 Å². The fraction of sp³-hybridized carbons (Fsp3) is 0. The first-order valence-electron chi connectivity index (χ1n) is 2.43. The summed E-state index contributed by atoms with van der Waals surface area (Å²) >= 11 is 0. The van der Waals surface area contributed by atoms with E-state index in [0.29, 0.717) is 0 Å². The van der Waals surface area contributed by atoms with E-state index in [-0.39, 0.29) is 0 Å². The fourth-order valence-electron chi connectivity index (χ4n) is 0.465. The van der Waals surface area contributed by atoms with Crippen molar-refractivity contribution in [3.8, 4) is 0 Å². The van der Waals surface area contributed by atoms with Gasteiger partial charge in [0.15, 0.2) is 0 Å². The van der Waals surface area contributed by atoms with Crippen LogP contribution in [0.4, 0.5) is 0 Å². The van der Waals surface area contributed by atoms with Gasteiger partial charge in [-0.3, -0.25) is 14.4 Å². The molecule has 0 aliphatic heterocycles. The van der Waals surface area contributed by atoms with Crippen molar-refractivity contribution in [1.82, 2.24) is 0 Å². The van der Waals surface area contributed by atoms with Gasteiger partial charge in [0.2, 0.25) is 0 Å². The molecule has 0 radical (unpaired) electrons. The van der Waals surface area contributed by atoms with Gasteiger partial charge in [0, 0.05) is 0 Å². The number of hydrogen-bond acceptors (Lipinski definition) is 6. The van der Waals surface area contributed by atoms with Crippen LogP contribution in [0.15, 0.2) is 28.4 Å². The van der Waals surface area contributed by atoms with E-state index in [1.54, 1.807) is 0 Å². The van der Waals surface area contributed by atoms with Gasteiger partial charge in [0.05, 0.1) is 0 Å². The zero-order valence-electron chi connectivity index (χ0n) is 4.95. The van der Waals surface area contributed by atoms with Crippen LogP contribution in [-0.4, -0.2) is 0 Å². The fourth-order valence-corrected chi connectivity index (χ4v) is 0.465. The van der Waals surface area contributed by atoms with E-state index in [1.165, 1.54) is 0 Å². The molecule has 0 aromatic carbocycles. The van der Waals surface area contributed by atoms with E-state index < -0.39 is 27.5 Å². The van der Waals surface area contributed by atoms with Gasteiger partial charge in [-0.05, 0) is 0 Å². The smallest absolute Gasteiger partial charge is 0.381 e. The summed E-state index contributed by atoms with van der Waals surface area (Å²) in [7, 11) is 0. The van der Waals surface area contributed by atoms with Crippen molar-refractivity contribution < 1.29 is 4.42 Å². The molecule has 0 atom stereocenters. The van der Waals surface area contributed by atoms with Crippen LogP contribution in [0, 0.1) is 0 Å². The third-order valence-electron chi connectivity index (χ3n) is 0.969. The van der Waals surface area contributed by atoms with Crippen molar-refractivity contribution in [2.24, 2.45) is 0 Å². The lowest BCUT2D eigenvalue weighted by atomic mass is 10.5. The molecule has 6 heteroatoms. The summed E-state index contributed by atoms with van der Waals surface area (Å²) in [6, 6.07) is 0. The maximum absolute atomic E-state index is 10.3. The molecule has 0 aliphatic carbocycles. The van der Waals surface area contributed by atoms with Crippen LogP contribution >= 0.6 is 0 Å². The average molecular weight is 156 g/mol. The van der Waals surface area contributed by atoms with Gasteiger partial charge in [0.25, 0.3) is 5.43 Å². The second-order valence-corrected chi connectivity index (χ2v) is 1.66. The van der Waals surface area contributed by atoms with Gasteiger partial charge in [0.1, 0.15) is 0 Å². The van der Waals surface area contributed by atoms with Crippen LogP contribution in [0.25, 0.3) is 0 Å². The zero-order chi connectivity index (χ0) is 8.59. The lowest BCUT2D eigenvalue weighted by molar-refractivity contribution is 0.460. The molecule has 0 unspecified atom stereocenters. The van der Waals surface area contributed by atoms with Gasteiger partial charge >= 0.3 is 22.1 Å². The molecule has 0 amide bonds. The van der Waals surface area contributed by atoms with Crippen molar-refractivity contribution in [1.29, 1.82) is 0 Å². The van der Waals surface area contributed by atoms with E-state index in [2.05, 4.69) is 4.42 Å². The molecule has 56 valence electrons. The Hall–Kier alpha value is -1.85. The highest BCUT2D eigenvalue weighted by Crippen LogP contribution is 1.37. The Labute approximate surface area is 57.0 Å². The molecule has 0 aliphatic rings. The SMILES string of the molecule is O=c1oc(=O)c(=O)c(=O)c1=O. The molecule has 11 heavy (non-hydrogen) atoms. The van der Waals surface area contributed by atoms with Crippen LogP contribution in [-0.2, 0) is 0 Å². The predicted molar refractivity (Wildman–Crippen MR) is 32.4 cm³/mol. The minimum atomic E-state index is -1.63. The maximum Gasteiger partial charge on any atom is 0.391 e. The third-order valence-corrected chi connectivity index (χ3v) is 0.969. The molecular weight excluding hydrogens is 156 g/mol. The molecule has 0 bridgehead atoms. The highest BCUT2D eigenvalue weighted by Gasteiger charge is 2.09. The first-order valence-corrected chi connectivity index (χ1v) is 2.43. The van der Waals surface area contributed by atoms with Crippen molar-refractivity contribution in [2.75, 3.05) is 0 Å². The van der Waals surface area contributed by atoms with Gasteiger partial charge in [-0.2, -0.15) is 0 Å². The van der Waals surface area contributed by atoms with E-state index in [1.807, 2.05) is 0 Å². The molecule has 0 N–H and O–H groups in total. The summed E-state index contributed by atoms with van der Waals surface area (Å²) in [5.74, 6) is 0. The monoisotopic (exact) mass is 156 g/mol. The van der Waals surface area contributed by atoms with Crippen LogP contribution in [0.1, 0.15) is 0 Å². The first kappa shape index (κ1) is 7.26. The van der Waals surface area contributed by atoms with Crippen molar-refractivity contribution >= 4 is 0 Å². The molecule has 0 saturated carbocycles. The molecule has 0 spiro atoms. The summed E-state index contributed by atoms with van der Waals surface area (Å²) in [6.45, 7) is 0. The van der Waals surface area contributed by atoms with Gasteiger partial charge in [-0.1, -0.05) is 0 Å². The predicted octanol–water partition coefficient (Wildman–Crippen LogP) is -3.04. The number of rotatable bonds is 0. The quantitative estimate of drug-likeness (QED) is 0.370. The Bertz CT molecular complexity index is 481. The van der Waals surface area contributed by atoms with Gasteiger partial charge in [-0.15, -0.1) is 0 Å². The summed E-state index contributed by atoms with van der Waals surface area (Å²) in [5.41, 5.74) is -8.03. The highest BCUT2D eigenvalue weighted by atomic mass is 16.4. The minimum Gasteiger partial charge on any atom is -0.381 e. The lowest BCUT2D eigenvalue weighted by Crippen LogP contribution is -2.53. The topological polar surface area (TPSA) is 98.5 Å². The largest absolute Gasteiger partial charge is 0.391 e. The minimum absolute atomic E-state index is 1.60. The second kappa shape index (κ2) is 2.08. The second-order valence-electron chi connectivity index (χ2n) is 1.66. The first-order chi connectivity index (χ1) is 5.04. The number of hydrogen-bond donors (Lipinski definition) is 0. The van der Waals surface area contributed by atoms with Crippen LogP contribution < -0.4 is 27.5 Å². The molecular formula is C5O6. The molecule has 1 aromatic heterocycles. The van der Waals surface area contributed by atoms with Crippen molar-refractivity contribution in [2.45, 2.75) is 0 Å². The molecule has 1 heterocycles. The standard InChI is InChI=1S/C5O6/c6-1-2(7)4(9)11-5(10)3(1)8. The molecule has 1 aromatic rings. The molecule has 1 rings (SSSR count). The van der Waals surface area contributed by atoms with E-state index in [0.717, 1.165) is 0 Å². The Morgan fingerprint density at radius 3 is 1.36 bits per heavy atom. The van der Waals surface area contributed by atoms with Crippen molar-refractivity contribution in [3.05, 3.63) is 51.5 Å².